The molecule has 2 rings (SSSR count). The molecule has 172 valence electrons. The van der Waals surface area contributed by atoms with Crippen LogP contribution in [0.25, 0.3) is 0 Å². The molecule has 2 aliphatic heterocycles. The van der Waals surface area contributed by atoms with Crippen LogP contribution < -0.4 is 10.5 Å². The molecule has 4 unspecified atom stereocenters. The summed E-state index contributed by atoms with van der Waals surface area (Å²) >= 11 is 0. The van der Waals surface area contributed by atoms with E-state index in [9.17, 15) is 37.6 Å². The second-order valence-electron chi connectivity index (χ2n) is 6.76. The lowest BCUT2D eigenvalue weighted by molar-refractivity contribution is -0.635. The first kappa shape index (κ1) is 24.8. The molecule has 0 amide bonds. The molecule has 0 aromatic rings. The van der Waals surface area contributed by atoms with E-state index >= 15 is 0 Å². The molecule has 14 nitrogen and oxygen atoms in total. The van der Waals surface area contributed by atoms with Crippen molar-refractivity contribution in [1.29, 1.82) is 0 Å². The van der Waals surface area contributed by atoms with Crippen LogP contribution in [0.1, 0.15) is 13.8 Å². The van der Waals surface area contributed by atoms with Gasteiger partial charge in [0.1, 0.15) is 17.5 Å². The number of aliphatic hydroxyl groups excluding tert-OH is 2. The maximum atomic E-state index is 12.1. The molecule has 0 aromatic carbocycles. The van der Waals surface area contributed by atoms with Gasteiger partial charge in [-0.15, -0.1) is 0 Å². The largest absolute Gasteiger partial charge is 0.707 e. The van der Waals surface area contributed by atoms with Crippen molar-refractivity contribution in [2.75, 3.05) is 13.7 Å². The molecule has 2 saturated heterocycles. The normalized spacial score (nSPS) is 42.0. The summed E-state index contributed by atoms with van der Waals surface area (Å²) in [5.41, 5.74) is 0. The minimum absolute atomic E-state index is 0.211. The Labute approximate surface area is 166 Å². The second-order valence-corrected chi connectivity index (χ2v) is 10.1. The number of hydrogen-bond acceptors (Lipinski definition) is 14. The van der Waals surface area contributed by atoms with Gasteiger partial charge in [0.2, 0.25) is 0 Å². The van der Waals surface area contributed by atoms with Gasteiger partial charge in [0.25, 0.3) is 20.2 Å². The lowest BCUT2D eigenvalue weighted by Gasteiger charge is -2.45. The van der Waals surface area contributed by atoms with E-state index < -0.39 is 73.6 Å². The van der Waals surface area contributed by atoms with Gasteiger partial charge in [-0.2, -0.15) is 16.8 Å². The Bertz CT molecular complexity index is 753. The first-order valence-electron chi connectivity index (χ1n) is 8.33. The van der Waals surface area contributed by atoms with E-state index in [0.717, 1.165) is 7.11 Å². The Morgan fingerprint density at radius 3 is 2.00 bits per heavy atom. The molecule has 2 fully saturated rings. The number of aliphatic hydroxyl groups is 2. The summed E-state index contributed by atoms with van der Waals surface area (Å²) in [6.07, 6.45) is -9.86. The summed E-state index contributed by atoms with van der Waals surface area (Å²) in [5.74, 6) is -0.738. The smallest absolute Gasteiger partial charge is 0.269 e. The fourth-order valence-corrected chi connectivity index (χ4v) is 5.59. The van der Waals surface area contributed by atoms with E-state index in [-0.39, 0.29) is 6.61 Å². The molecule has 0 saturated carbocycles. The molecule has 16 heteroatoms. The zero-order valence-electron chi connectivity index (χ0n) is 15.5. The molecule has 2 heterocycles. The van der Waals surface area contributed by atoms with Crippen LogP contribution >= 0.6 is 0 Å². The number of methoxy groups -OCH3 is 1. The molecule has 0 aromatic heterocycles. The van der Waals surface area contributed by atoms with Crippen molar-refractivity contribution in [2.24, 2.45) is 5.92 Å². The zero-order valence-corrected chi connectivity index (χ0v) is 17.1. The fraction of sp³-hybridized carbons (Fsp3) is 1.00. The Hall–Kier alpha value is -0.500. The zero-order chi connectivity index (χ0) is 22.1. The SMILES string of the molecule is CO[C@@H]1OC(C)[C@H](O[C@@H]2OCC(C)C(O)[C@H]2S(=O)(=O)O[O-])[C@@H](S(=O)(=O)O[O-])C1O. The molecule has 0 radical (unpaired) electrons. The van der Waals surface area contributed by atoms with Crippen molar-refractivity contribution in [3.05, 3.63) is 0 Å². The lowest BCUT2D eigenvalue weighted by atomic mass is 9.99. The molecule has 2 N–H and O–H groups in total. The van der Waals surface area contributed by atoms with E-state index in [1.54, 1.807) is 0 Å². The second kappa shape index (κ2) is 9.33. The van der Waals surface area contributed by atoms with Gasteiger partial charge in [-0.25, -0.2) is 0 Å². The Morgan fingerprint density at radius 1 is 0.931 bits per heavy atom. The first-order valence-corrected chi connectivity index (χ1v) is 11.3. The number of rotatable bonds is 7. The van der Waals surface area contributed by atoms with Crippen LogP contribution in [-0.2, 0) is 47.9 Å². The summed E-state index contributed by atoms with van der Waals surface area (Å²) in [6, 6.07) is 0. The summed E-state index contributed by atoms with van der Waals surface area (Å²) in [7, 11) is -8.80. The third-order valence-electron chi connectivity index (χ3n) is 4.84. The standard InChI is InChI=1S/C13H24O14S2/c1-5-4-23-13(11(7(5)14)29(20,21)27-17)25-9-6(2)24-12(22-3)8(15)10(9)28(18,19)26-16/h5-17H,4H2,1-3H3/p-2/t5?,6?,7?,8?,9-,10-,11+,12+,13-/m0/s1. The lowest BCUT2D eigenvalue weighted by Crippen LogP contribution is -2.64. The summed E-state index contributed by atoms with van der Waals surface area (Å²) in [4.78, 5) is 0. The van der Waals surface area contributed by atoms with E-state index in [1.165, 1.54) is 13.8 Å². The molecule has 0 spiro atoms. The topological polar surface area (TPSA) is 210 Å². The van der Waals surface area contributed by atoms with Gasteiger partial charge in [-0.1, -0.05) is 6.92 Å². The minimum atomic E-state index is -4.98. The average Bonchev–Trinajstić information content (AvgIpc) is 2.66. The highest BCUT2D eigenvalue weighted by Gasteiger charge is 2.55. The van der Waals surface area contributed by atoms with Gasteiger partial charge in [0, 0.05) is 13.0 Å². The molecule has 0 bridgehead atoms. The van der Waals surface area contributed by atoms with Crippen LogP contribution in [0.2, 0.25) is 0 Å². The van der Waals surface area contributed by atoms with E-state index in [0.29, 0.717) is 0 Å². The van der Waals surface area contributed by atoms with E-state index in [4.69, 9.17) is 18.9 Å². The van der Waals surface area contributed by atoms with Gasteiger partial charge in [0.05, 0.1) is 18.8 Å². The highest BCUT2D eigenvalue weighted by atomic mass is 32.2. The van der Waals surface area contributed by atoms with Crippen LogP contribution in [0.4, 0.5) is 0 Å². The summed E-state index contributed by atoms with van der Waals surface area (Å²) < 4.78 is 75.4. The molecular formula is C13H22O14S2-2. The van der Waals surface area contributed by atoms with Gasteiger partial charge >= 0.3 is 0 Å². The van der Waals surface area contributed by atoms with Crippen molar-refractivity contribution in [2.45, 2.75) is 61.3 Å². The maximum Gasteiger partial charge on any atom is 0.269 e. The van der Waals surface area contributed by atoms with Gasteiger partial charge in [-0.3, -0.25) is 0 Å². The van der Waals surface area contributed by atoms with Crippen LogP contribution in [0.3, 0.4) is 0 Å². The maximum absolute atomic E-state index is 12.1. The quantitative estimate of drug-likeness (QED) is 0.267. The Kier molecular flexibility index (Phi) is 7.97. The van der Waals surface area contributed by atoms with E-state index in [2.05, 4.69) is 8.67 Å². The van der Waals surface area contributed by atoms with Crippen molar-refractivity contribution in [1.82, 2.24) is 0 Å². The van der Waals surface area contributed by atoms with Gasteiger partial charge in [0.15, 0.2) is 17.8 Å². The number of ether oxygens (including phenoxy) is 4. The summed E-state index contributed by atoms with van der Waals surface area (Å²) in [5, 5.41) is 37.8. The monoisotopic (exact) mass is 466 g/mol. The summed E-state index contributed by atoms with van der Waals surface area (Å²) in [6.45, 7) is 2.52. The fourth-order valence-electron chi connectivity index (χ4n) is 3.30. The van der Waals surface area contributed by atoms with Crippen LogP contribution in [0.15, 0.2) is 0 Å². The highest BCUT2D eigenvalue weighted by molar-refractivity contribution is 7.87. The molecular weight excluding hydrogens is 444 g/mol. The molecule has 9 atom stereocenters. The molecule has 2 aliphatic rings. The Morgan fingerprint density at radius 2 is 1.48 bits per heavy atom. The molecule has 0 aliphatic carbocycles. The minimum Gasteiger partial charge on any atom is -0.707 e. The third kappa shape index (κ3) is 4.89. The predicted molar refractivity (Wildman–Crippen MR) is 84.7 cm³/mol. The van der Waals surface area contributed by atoms with Crippen molar-refractivity contribution >= 4 is 20.2 Å². The highest BCUT2D eigenvalue weighted by Crippen LogP contribution is 2.34. The van der Waals surface area contributed by atoms with E-state index in [1.807, 2.05) is 0 Å². The first-order chi connectivity index (χ1) is 13.4. The van der Waals surface area contributed by atoms with Crippen molar-refractivity contribution < 1.29 is 65.2 Å². The number of hydrogen-bond donors (Lipinski definition) is 2. The van der Waals surface area contributed by atoms with Crippen LogP contribution in [0.5, 0.6) is 0 Å². The van der Waals surface area contributed by atoms with Crippen molar-refractivity contribution in [3.63, 3.8) is 0 Å². The van der Waals surface area contributed by atoms with Gasteiger partial charge in [-0.05, 0) is 6.92 Å². The van der Waals surface area contributed by atoms with Crippen LogP contribution in [-0.4, -0.2) is 88.3 Å². The van der Waals surface area contributed by atoms with Gasteiger partial charge < -0.3 is 48.3 Å². The van der Waals surface area contributed by atoms with Crippen molar-refractivity contribution in [3.8, 4) is 0 Å². The third-order valence-corrected chi connectivity index (χ3v) is 7.60. The predicted octanol–water partition coefficient (Wildman–Crippen LogP) is -4.54. The average molecular weight is 466 g/mol. The Balaban J connectivity index is 2.41. The van der Waals surface area contributed by atoms with Crippen LogP contribution in [0, 0.1) is 5.92 Å². The molecule has 29 heavy (non-hydrogen) atoms.